The maximum absolute atomic E-state index is 12.9. The van der Waals surface area contributed by atoms with Crippen molar-refractivity contribution in [2.45, 2.75) is 58.0 Å². The fraction of sp³-hybridized carbons (Fsp3) is 0.632. The Hall–Kier alpha value is -1.56. The fourth-order valence-electron chi connectivity index (χ4n) is 4.24. The predicted octanol–water partition coefficient (Wildman–Crippen LogP) is 3.05. The van der Waals surface area contributed by atoms with Gasteiger partial charge in [-0.1, -0.05) is 6.92 Å². The highest BCUT2D eigenvalue weighted by Crippen LogP contribution is 2.35. The molecule has 1 heterocycles. The molecule has 1 atom stereocenters. The summed E-state index contributed by atoms with van der Waals surface area (Å²) >= 11 is 0. The van der Waals surface area contributed by atoms with E-state index >= 15 is 0 Å². The molecule has 6 heteroatoms. The minimum Gasteiger partial charge on any atom is -0.339 e. The van der Waals surface area contributed by atoms with Gasteiger partial charge in [0.1, 0.15) is 0 Å². The molecular weight excluding hydrogens is 336 g/mol. The van der Waals surface area contributed by atoms with Gasteiger partial charge in [0.25, 0.3) is 5.91 Å². The number of anilines is 1. The van der Waals surface area contributed by atoms with Crippen molar-refractivity contribution in [2.75, 3.05) is 17.6 Å². The Morgan fingerprint density at radius 3 is 2.40 bits per heavy atom. The lowest BCUT2D eigenvalue weighted by molar-refractivity contribution is 0.0679. The number of nitrogens with zero attached hydrogens (tertiary/aromatic N) is 2. The summed E-state index contributed by atoms with van der Waals surface area (Å²) in [6.45, 7) is 4.17. The van der Waals surface area contributed by atoms with Crippen LogP contribution in [0.15, 0.2) is 18.2 Å². The number of benzene rings is 1. The van der Waals surface area contributed by atoms with E-state index < -0.39 is 10.0 Å². The molecule has 1 saturated carbocycles. The van der Waals surface area contributed by atoms with Crippen LogP contribution in [0.1, 0.15) is 55.5 Å². The van der Waals surface area contributed by atoms with Gasteiger partial charge in [0.15, 0.2) is 0 Å². The summed E-state index contributed by atoms with van der Waals surface area (Å²) in [5.74, 6) is 0.788. The number of carbonyl (C=O) groups excluding carboxylic acids is 1. The maximum Gasteiger partial charge on any atom is 0.253 e. The van der Waals surface area contributed by atoms with Gasteiger partial charge in [-0.25, -0.2) is 8.42 Å². The predicted molar refractivity (Wildman–Crippen MR) is 100 cm³/mol. The highest BCUT2D eigenvalue weighted by atomic mass is 32.2. The molecule has 0 N–H and O–H groups in total. The Bertz CT molecular complexity index is 767. The van der Waals surface area contributed by atoms with Crippen LogP contribution < -0.4 is 4.31 Å². The number of fused-ring (bicyclic) bond motifs is 1. The third kappa shape index (κ3) is 3.54. The third-order valence-corrected chi connectivity index (χ3v) is 6.96. The van der Waals surface area contributed by atoms with Gasteiger partial charge in [-0.15, -0.1) is 0 Å². The number of rotatable bonds is 3. The Morgan fingerprint density at radius 1 is 1.16 bits per heavy atom. The summed E-state index contributed by atoms with van der Waals surface area (Å²) in [7, 11) is -1.41. The molecule has 1 aromatic carbocycles. The summed E-state index contributed by atoms with van der Waals surface area (Å²) in [5, 5.41) is 0. The summed E-state index contributed by atoms with van der Waals surface area (Å²) in [6, 6.07) is 5.63. The van der Waals surface area contributed by atoms with Gasteiger partial charge < -0.3 is 4.90 Å². The average Bonchev–Trinajstić information content (AvgIpc) is 2.89. The van der Waals surface area contributed by atoms with Crippen molar-refractivity contribution >= 4 is 21.6 Å². The van der Waals surface area contributed by atoms with Gasteiger partial charge >= 0.3 is 0 Å². The third-order valence-electron chi connectivity index (χ3n) is 5.69. The van der Waals surface area contributed by atoms with Crippen molar-refractivity contribution in [3.05, 3.63) is 29.3 Å². The monoisotopic (exact) mass is 364 g/mol. The van der Waals surface area contributed by atoms with Crippen LogP contribution in [0, 0.1) is 5.92 Å². The molecule has 0 saturated heterocycles. The highest BCUT2D eigenvalue weighted by Gasteiger charge is 2.33. The van der Waals surface area contributed by atoms with Crippen LogP contribution in [-0.2, 0) is 16.4 Å². The van der Waals surface area contributed by atoms with E-state index in [1.54, 1.807) is 12.1 Å². The standard InChI is InChI=1S/C19H28N2O3S/c1-13-5-8-17(9-6-13)20(3)19(22)15-7-10-18-16(12-15)11-14(2)21(18)25(4,23)24/h7,10,12-14,17H,5-6,8-9,11H2,1-4H3. The van der Waals surface area contributed by atoms with E-state index in [2.05, 4.69) is 6.92 Å². The quantitative estimate of drug-likeness (QED) is 0.828. The van der Waals surface area contributed by atoms with Gasteiger partial charge in [0.05, 0.1) is 11.9 Å². The van der Waals surface area contributed by atoms with Crippen LogP contribution in [-0.4, -0.2) is 44.6 Å². The number of amides is 1. The van der Waals surface area contributed by atoms with Gasteiger partial charge in [0, 0.05) is 24.7 Å². The molecule has 0 aromatic heterocycles. The van der Waals surface area contributed by atoms with Crippen molar-refractivity contribution in [3.8, 4) is 0 Å². The molecule has 3 rings (SSSR count). The lowest BCUT2D eigenvalue weighted by Crippen LogP contribution is -2.39. The van der Waals surface area contributed by atoms with Gasteiger partial charge in [-0.3, -0.25) is 9.10 Å². The molecule has 138 valence electrons. The van der Waals surface area contributed by atoms with Crippen molar-refractivity contribution in [3.63, 3.8) is 0 Å². The van der Waals surface area contributed by atoms with E-state index in [0.717, 1.165) is 24.3 Å². The van der Waals surface area contributed by atoms with Crippen molar-refractivity contribution in [1.29, 1.82) is 0 Å². The molecule has 0 spiro atoms. The highest BCUT2D eigenvalue weighted by molar-refractivity contribution is 7.92. The molecule has 0 radical (unpaired) electrons. The SMILES string of the molecule is CC1CCC(N(C)C(=O)c2ccc3c(c2)CC(C)N3S(C)(=O)=O)CC1. The molecule has 1 unspecified atom stereocenters. The molecule has 1 aromatic rings. The Labute approximate surface area is 151 Å². The van der Waals surface area contributed by atoms with Crippen LogP contribution in [0.25, 0.3) is 0 Å². The second-order valence-corrected chi connectivity index (χ2v) is 9.64. The fourth-order valence-corrected chi connectivity index (χ4v) is 5.50. The second-order valence-electron chi connectivity index (χ2n) is 7.79. The summed E-state index contributed by atoms with van der Waals surface area (Å²) in [4.78, 5) is 14.8. The van der Waals surface area contributed by atoms with Crippen molar-refractivity contribution in [2.24, 2.45) is 5.92 Å². The van der Waals surface area contributed by atoms with E-state index in [1.807, 2.05) is 24.9 Å². The molecule has 25 heavy (non-hydrogen) atoms. The topological polar surface area (TPSA) is 57.7 Å². The van der Waals surface area contributed by atoms with Gasteiger partial charge in [0.2, 0.25) is 10.0 Å². The van der Waals surface area contributed by atoms with Gasteiger partial charge in [-0.2, -0.15) is 0 Å². The first-order valence-electron chi connectivity index (χ1n) is 9.08. The molecule has 5 nitrogen and oxygen atoms in total. The molecule has 1 amide bonds. The van der Waals surface area contributed by atoms with E-state index in [-0.39, 0.29) is 11.9 Å². The molecule has 1 aliphatic heterocycles. The van der Waals surface area contributed by atoms with Crippen LogP contribution in [0.2, 0.25) is 0 Å². The second kappa shape index (κ2) is 6.63. The zero-order chi connectivity index (χ0) is 18.4. The number of sulfonamides is 1. The normalized spacial score (nSPS) is 26.4. The number of carbonyl (C=O) groups is 1. The lowest BCUT2D eigenvalue weighted by Gasteiger charge is -2.33. The van der Waals surface area contributed by atoms with Crippen LogP contribution in [0.4, 0.5) is 5.69 Å². The zero-order valence-electron chi connectivity index (χ0n) is 15.5. The summed E-state index contributed by atoms with van der Waals surface area (Å²) < 4.78 is 25.5. The minimum atomic E-state index is -3.30. The smallest absolute Gasteiger partial charge is 0.253 e. The summed E-state index contributed by atoms with van der Waals surface area (Å²) in [5.41, 5.74) is 2.30. The maximum atomic E-state index is 12.9. The number of hydrogen-bond acceptors (Lipinski definition) is 3. The minimum absolute atomic E-state index is 0.0350. The molecule has 0 bridgehead atoms. The zero-order valence-corrected chi connectivity index (χ0v) is 16.3. The molecular formula is C19H28N2O3S. The summed E-state index contributed by atoms with van der Waals surface area (Å²) in [6.07, 6.45) is 6.35. The largest absolute Gasteiger partial charge is 0.339 e. The molecule has 2 aliphatic rings. The van der Waals surface area contributed by atoms with E-state index in [0.29, 0.717) is 23.7 Å². The van der Waals surface area contributed by atoms with Crippen molar-refractivity contribution in [1.82, 2.24) is 4.90 Å². The van der Waals surface area contributed by atoms with Crippen LogP contribution >= 0.6 is 0 Å². The van der Waals surface area contributed by atoms with E-state index in [9.17, 15) is 13.2 Å². The lowest BCUT2D eigenvalue weighted by atomic mass is 9.86. The first-order valence-corrected chi connectivity index (χ1v) is 10.9. The molecule has 1 aliphatic carbocycles. The first kappa shape index (κ1) is 18.2. The van der Waals surface area contributed by atoms with Gasteiger partial charge in [-0.05, 0) is 68.7 Å². The van der Waals surface area contributed by atoms with Crippen LogP contribution in [0.5, 0.6) is 0 Å². The average molecular weight is 365 g/mol. The molecule has 1 fully saturated rings. The van der Waals surface area contributed by atoms with E-state index in [1.165, 1.54) is 23.4 Å². The first-order chi connectivity index (χ1) is 11.7. The Morgan fingerprint density at radius 2 is 1.80 bits per heavy atom. The Balaban J connectivity index is 1.81. The number of hydrogen-bond donors (Lipinski definition) is 0. The van der Waals surface area contributed by atoms with Crippen LogP contribution in [0.3, 0.4) is 0 Å². The Kier molecular flexibility index (Phi) is 4.84. The van der Waals surface area contributed by atoms with Crippen molar-refractivity contribution < 1.29 is 13.2 Å². The van der Waals surface area contributed by atoms with E-state index in [4.69, 9.17) is 0 Å².